The van der Waals surface area contributed by atoms with Crippen LogP contribution in [0.1, 0.15) is 127 Å². The van der Waals surface area contributed by atoms with E-state index in [9.17, 15) is 27.6 Å². The van der Waals surface area contributed by atoms with E-state index in [-0.39, 0.29) is 46.1 Å². The maximum absolute atomic E-state index is 17.0. The molecule has 0 radical (unpaired) electrons. The molecule has 2 N–H and O–H groups in total. The van der Waals surface area contributed by atoms with Crippen LogP contribution in [-0.2, 0) is 20.4 Å². The second-order valence-corrected chi connectivity index (χ2v) is 20.2. The molecule has 364 valence electrons. The van der Waals surface area contributed by atoms with E-state index in [0.717, 1.165) is 30.9 Å². The molecule has 5 atom stereocenters. The monoisotopic (exact) mass is 961 g/mol. The Bertz CT molecular complexity index is 2720. The van der Waals surface area contributed by atoms with Crippen molar-refractivity contribution in [3.05, 3.63) is 81.7 Å². The first kappa shape index (κ1) is 48.5. The number of aromatic nitrogens is 3. The number of nitrogens with zero attached hydrogens (tertiary/aromatic N) is 5. The number of halogens is 4. The number of benzene rings is 2. The van der Waals surface area contributed by atoms with Gasteiger partial charge in [-0.15, -0.1) is 11.3 Å². The van der Waals surface area contributed by atoms with E-state index < -0.39 is 46.9 Å². The normalized spacial score (nSPS) is 19.5. The molecule has 8 rings (SSSR count). The molecule has 2 fully saturated rings. The van der Waals surface area contributed by atoms with Crippen LogP contribution in [0.2, 0.25) is 0 Å². The summed E-state index contributed by atoms with van der Waals surface area (Å²) < 4.78 is 78.1. The number of hydrogen-bond acceptors (Lipinski definition) is 9. The topological polar surface area (TPSA) is 143 Å². The maximum atomic E-state index is 17.0. The van der Waals surface area contributed by atoms with E-state index in [1.807, 2.05) is 72.7 Å². The van der Waals surface area contributed by atoms with E-state index in [1.165, 1.54) is 19.2 Å². The Morgan fingerprint density at radius 3 is 2.44 bits per heavy atom. The van der Waals surface area contributed by atoms with Gasteiger partial charge in [0.05, 0.1) is 58.8 Å². The number of imidazole rings is 1. The van der Waals surface area contributed by atoms with Gasteiger partial charge in [-0.05, 0) is 108 Å². The summed E-state index contributed by atoms with van der Waals surface area (Å²) in [5.41, 5.74) is 3.06. The van der Waals surface area contributed by atoms with E-state index in [1.54, 1.807) is 26.6 Å². The smallest absolute Gasteiger partial charge is 0.425 e. The molecule has 3 amide bonds. The molecule has 5 aromatic rings. The summed E-state index contributed by atoms with van der Waals surface area (Å²) in [6, 6.07) is 11.3. The molecular weight excluding hydrogens is 903 g/mol. The minimum atomic E-state index is -4.58. The van der Waals surface area contributed by atoms with Gasteiger partial charge in [-0.25, -0.2) is 19.0 Å². The number of fused-ring (bicyclic) bond motifs is 5. The van der Waals surface area contributed by atoms with Crippen LogP contribution in [0, 0.1) is 11.7 Å². The van der Waals surface area contributed by atoms with Crippen LogP contribution < -0.4 is 10.1 Å². The number of alkyl halides is 3. The fourth-order valence-electron chi connectivity index (χ4n) is 9.73. The van der Waals surface area contributed by atoms with Crippen LogP contribution in [0.15, 0.2) is 59.7 Å². The first-order valence-corrected chi connectivity index (χ1v) is 24.2. The Balaban J connectivity index is 1.16. The Morgan fingerprint density at radius 2 is 1.76 bits per heavy atom. The number of likely N-dealkylation sites (tertiary alicyclic amines) is 2. The molecule has 0 aliphatic carbocycles. The largest absolute Gasteiger partial charge is 0.464 e. The average molecular weight is 962 g/mol. The van der Waals surface area contributed by atoms with Gasteiger partial charge in [0.2, 0.25) is 12.1 Å². The van der Waals surface area contributed by atoms with Gasteiger partial charge in [0.1, 0.15) is 33.9 Å². The molecule has 0 spiro atoms. The summed E-state index contributed by atoms with van der Waals surface area (Å²) in [5, 5.41) is 3.39. The minimum absolute atomic E-state index is 0.159. The fourth-order valence-corrected chi connectivity index (χ4v) is 10.6. The number of H-pyrrole nitrogens is 1. The maximum Gasteiger partial charge on any atom is 0.425 e. The number of carbonyl (C=O) groups is 3. The third-order valence-electron chi connectivity index (χ3n) is 12.9. The molecule has 2 aromatic carbocycles. The van der Waals surface area contributed by atoms with Crippen molar-refractivity contribution in [2.24, 2.45) is 10.9 Å². The van der Waals surface area contributed by atoms with Crippen LogP contribution in [-0.4, -0.2) is 92.1 Å². The van der Waals surface area contributed by atoms with Crippen molar-refractivity contribution < 1.29 is 46.2 Å². The van der Waals surface area contributed by atoms with E-state index in [2.05, 4.69) is 15.3 Å². The molecule has 3 aliphatic rings. The number of methoxy groups -OCH3 is 1. The molecule has 68 heavy (non-hydrogen) atoms. The molecule has 3 aromatic heterocycles. The highest BCUT2D eigenvalue weighted by Crippen LogP contribution is 2.49. The number of nitrogens with one attached hydrogen (secondary N) is 2. The van der Waals surface area contributed by atoms with Gasteiger partial charge in [-0.2, -0.15) is 13.2 Å². The summed E-state index contributed by atoms with van der Waals surface area (Å²) >= 11 is 0.573. The quantitative estimate of drug-likeness (QED) is 0.0936. The van der Waals surface area contributed by atoms with Crippen LogP contribution >= 0.6 is 11.3 Å². The zero-order valence-corrected chi connectivity index (χ0v) is 40.4. The van der Waals surface area contributed by atoms with Crippen LogP contribution in [0.3, 0.4) is 0 Å². The van der Waals surface area contributed by atoms with Crippen LogP contribution in [0.5, 0.6) is 5.75 Å². The first-order chi connectivity index (χ1) is 32.3. The summed E-state index contributed by atoms with van der Waals surface area (Å²) in [4.78, 5) is 55.6. The Hall–Kier alpha value is -5.91. The minimum Gasteiger partial charge on any atom is -0.464 e. The summed E-state index contributed by atoms with van der Waals surface area (Å²) in [6.45, 7) is 14.2. The third-order valence-corrected chi connectivity index (χ3v) is 14.0. The molecule has 2 saturated heterocycles. The molecule has 0 bridgehead atoms. The summed E-state index contributed by atoms with van der Waals surface area (Å²) in [6.07, 6.45) is -0.245. The van der Waals surface area contributed by atoms with Crippen molar-refractivity contribution in [2.45, 2.75) is 136 Å². The van der Waals surface area contributed by atoms with Gasteiger partial charge >= 0.3 is 18.4 Å². The molecule has 5 unspecified atom stereocenters. The lowest BCUT2D eigenvalue weighted by molar-refractivity contribution is -0.136. The SMILES string of the molecule is CCCC(N=C(CC)c1cc(F)c2c(c1)OC(c1ccc(C(F)(F)F)s1)n1c-2cc2cc(-c3cnc(C4CCCN4C(=O)OC(C)(C)C)[nH]3)ccc21)C1CCCN1C(=O)C(NC(=O)OC)C(C)C. The zero-order chi connectivity index (χ0) is 48.8. The van der Waals surface area contributed by atoms with Gasteiger partial charge in [0.15, 0.2) is 0 Å². The summed E-state index contributed by atoms with van der Waals surface area (Å²) in [7, 11) is 1.25. The highest BCUT2D eigenvalue weighted by atomic mass is 32.1. The van der Waals surface area contributed by atoms with Crippen molar-refractivity contribution in [1.82, 2.24) is 29.7 Å². The zero-order valence-electron chi connectivity index (χ0n) is 39.6. The number of thiophene rings is 1. The lowest BCUT2D eigenvalue weighted by atomic mass is 9.97. The number of rotatable bonds is 12. The average Bonchev–Trinajstić information content (AvgIpc) is 4.14. The highest BCUT2D eigenvalue weighted by molar-refractivity contribution is 7.12. The Labute approximate surface area is 397 Å². The van der Waals surface area contributed by atoms with Gasteiger partial charge in [-0.3, -0.25) is 19.3 Å². The van der Waals surface area contributed by atoms with Crippen molar-refractivity contribution >= 4 is 46.0 Å². The van der Waals surface area contributed by atoms with E-state index in [4.69, 9.17) is 19.2 Å². The fraction of sp³-hybridized carbons (Fsp3) is 0.500. The number of carbonyl (C=O) groups excluding carboxylic acids is 3. The first-order valence-electron chi connectivity index (χ1n) is 23.4. The lowest BCUT2D eigenvalue weighted by Crippen LogP contribution is -2.54. The number of amides is 3. The molecule has 0 saturated carbocycles. The highest BCUT2D eigenvalue weighted by Gasteiger charge is 2.41. The predicted molar refractivity (Wildman–Crippen MR) is 252 cm³/mol. The second kappa shape index (κ2) is 19.2. The second-order valence-electron chi connectivity index (χ2n) is 19.1. The molecular formula is C50H59F4N7O6S. The van der Waals surface area contributed by atoms with Gasteiger partial charge < -0.3 is 29.4 Å². The predicted octanol–water partition coefficient (Wildman–Crippen LogP) is 11.7. The van der Waals surface area contributed by atoms with E-state index in [0.29, 0.717) is 89.5 Å². The van der Waals surface area contributed by atoms with Crippen LogP contribution in [0.25, 0.3) is 33.4 Å². The number of aromatic amines is 1. The van der Waals surface area contributed by atoms with Gasteiger partial charge in [0, 0.05) is 35.3 Å². The standard InChI is InChI=1S/C50H59F4N7O6S/c1-9-13-33(36-14-11-20-59(36)45(62)43(27(3)4)58-47(63)65-8)56-32(10-2)29-23-31(51)42-38-24-30-22-28(34-26-55-44(57-34)37-15-12-21-60(37)48(64)67-49(5,6)7)16-17-35(30)61(38)46(66-39(42)25-29)40-18-19-41(68-40)50(52,53)54/h16-19,22-27,33,36-37,43,46H,9-15,20-21H2,1-8H3,(H,55,57)(H,58,63). The molecule has 6 heterocycles. The summed E-state index contributed by atoms with van der Waals surface area (Å²) in [5.74, 6) is -0.227. The number of ether oxygens (including phenoxy) is 3. The van der Waals surface area contributed by atoms with Crippen molar-refractivity contribution in [3.8, 4) is 28.3 Å². The molecule has 18 heteroatoms. The Kier molecular flexibility index (Phi) is 13.7. The molecule has 3 aliphatic heterocycles. The van der Waals surface area contributed by atoms with Crippen molar-refractivity contribution in [3.63, 3.8) is 0 Å². The van der Waals surface area contributed by atoms with Gasteiger partial charge in [0.25, 0.3) is 0 Å². The van der Waals surface area contributed by atoms with Crippen molar-refractivity contribution in [1.29, 1.82) is 0 Å². The third kappa shape index (κ3) is 9.70. The van der Waals surface area contributed by atoms with Crippen molar-refractivity contribution in [2.75, 3.05) is 20.2 Å². The van der Waals surface area contributed by atoms with E-state index >= 15 is 4.39 Å². The van der Waals surface area contributed by atoms with Crippen LogP contribution in [0.4, 0.5) is 27.2 Å². The number of alkyl carbamates (subject to hydrolysis) is 1. The Morgan fingerprint density at radius 1 is 1.01 bits per heavy atom. The molecule has 13 nitrogen and oxygen atoms in total. The number of hydrogen-bond donors (Lipinski definition) is 2. The van der Waals surface area contributed by atoms with Gasteiger partial charge in [-0.1, -0.05) is 40.2 Å². The lowest BCUT2D eigenvalue weighted by Gasteiger charge is -2.34. The number of aliphatic imine (C=N–C) groups is 1.